The summed E-state index contributed by atoms with van der Waals surface area (Å²) in [4.78, 5) is 45.0. The molecule has 0 fully saturated rings. The Morgan fingerprint density at radius 3 is 2.62 bits per heavy atom. The quantitative estimate of drug-likeness (QED) is 0.670. The van der Waals surface area contributed by atoms with Gasteiger partial charge in [0, 0.05) is 17.5 Å². The number of carbonyl (C=O) groups is 3. The van der Waals surface area contributed by atoms with Crippen LogP contribution < -0.4 is 10.2 Å². The van der Waals surface area contributed by atoms with Crippen molar-refractivity contribution in [2.75, 3.05) is 7.11 Å². The van der Waals surface area contributed by atoms with Crippen molar-refractivity contribution in [3.8, 4) is 0 Å². The molecule has 1 aromatic rings. The fraction of sp³-hybridized carbons (Fsp3) is 0.500. The van der Waals surface area contributed by atoms with Crippen LogP contribution in [0.25, 0.3) is 0 Å². The largest absolute Gasteiger partial charge is 0.480 e. The van der Waals surface area contributed by atoms with Gasteiger partial charge in [-0.2, -0.15) is 0 Å². The number of ether oxygens (including phenoxy) is 1. The second-order valence-electron chi connectivity index (χ2n) is 4.30. The van der Waals surface area contributed by atoms with E-state index in [1.807, 2.05) is 0 Å². The van der Waals surface area contributed by atoms with Crippen LogP contribution in [0.1, 0.15) is 18.5 Å². The van der Waals surface area contributed by atoms with E-state index < -0.39 is 23.9 Å². The van der Waals surface area contributed by atoms with Gasteiger partial charge in [-0.3, -0.25) is 19.0 Å². The van der Waals surface area contributed by atoms with E-state index in [9.17, 15) is 19.2 Å². The predicted molar refractivity (Wildman–Crippen MR) is 74.1 cm³/mol. The molecule has 0 saturated heterocycles. The number of aromatic nitrogens is 1. The molecule has 116 valence electrons. The molecule has 1 aromatic heterocycles. The average Bonchev–Trinajstić information content (AvgIpc) is 2.74. The predicted octanol–water partition coefficient (Wildman–Crippen LogP) is -0.259. The minimum Gasteiger partial charge on any atom is -0.480 e. The maximum absolute atomic E-state index is 11.8. The molecular weight excluding hydrogens is 300 g/mol. The zero-order valence-corrected chi connectivity index (χ0v) is 12.4. The summed E-state index contributed by atoms with van der Waals surface area (Å²) in [5.74, 6) is -2.40. The van der Waals surface area contributed by atoms with Crippen LogP contribution >= 0.6 is 11.3 Å². The van der Waals surface area contributed by atoms with Crippen LogP contribution in [0.15, 0.2) is 10.2 Å². The number of amides is 1. The van der Waals surface area contributed by atoms with Crippen molar-refractivity contribution in [2.45, 2.75) is 32.4 Å². The number of aliphatic carboxylic acids is 1. The topological polar surface area (TPSA) is 115 Å². The van der Waals surface area contributed by atoms with E-state index in [0.29, 0.717) is 5.69 Å². The van der Waals surface area contributed by atoms with Gasteiger partial charge in [0.1, 0.15) is 12.6 Å². The zero-order valence-electron chi connectivity index (χ0n) is 11.6. The molecule has 1 amide bonds. The van der Waals surface area contributed by atoms with E-state index in [1.54, 1.807) is 12.3 Å². The number of carboxylic acid groups (broad SMARTS) is 1. The third-order valence-corrected chi connectivity index (χ3v) is 3.66. The first kappa shape index (κ1) is 16.9. The highest BCUT2D eigenvalue weighted by Gasteiger charge is 2.21. The van der Waals surface area contributed by atoms with E-state index in [0.717, 1.165) is 11.3 Å². The molecule has 1 heterocycles. The number of hydrogen-bond acceptors (Lipinski definition) is 6. The van der Waals surface area contributed by atoms with Gasteiger partial charge in [-0.1, -0.05) is 11.3 Å². The van der Waals surface area contributed by atoms with Crippen LogP contribution in [-0.2, 0) is 25.7 Å². The normalized spacial score (nSPS) is 11.7. The van der Waals surface area contributed by atoms with Gasteiger partial charge < -0.3 is 15.2 Å². The number of hydrogen-bond donors (Lipinski definition) is 2. The molecule has 0 aliphatic heterocycles. The molecule has 8 nitrogen and oxygen atoms in total. The van der Waals surface area contributed by atoms with Crippen molar-refractivity contribution in [1.29, 1.82) is 0 Å². The number of carbonyl (C=O) groups excluding carboxylic acids is 2. The van der Waals surface area contributed by atoms with Crippen LogP contribution in [0.5, 0.6) is 0 Å². The van der Waals surface area contributed by atoms with Crippen molar-refractivity contribution in [3.63, 3.8) is 0 Å². The lowest BCUT2D eigenvalue weighted by Crippen LogP contribution is -2.43. The molecule has 1 atom stereocenters. The molecule has 0 spiro atoms. The fourth-order valence-corrected chi connectivity index (χ4v) is 2.34. The summed E-state index contributed by atoms with van der Waals surface area (Å²) in [6, 6.07) is -1.20. The molecule has 1 rings (SSSR count). The second-order valence-corrected chi connectivity index (χ2v) is 5.12. The van der Waals surface area contributed by atoms with Crippen LogP contribution in [0.4, 0.5) is 0 Å². The number of nitrogens with one attached hydrogen (secondary N) is 1. The molecule has 2 N–H and O–H groups in total. The Labute approximate surface area is 124 Å². The zero-order chi connectivity index (χ0) is 16.0. The van der Waals surface area contributed by atoms with Crippen molar-refractivity contribution in [3.05, 3.63) is 20.7 Å². The number of methoxy groups -OCH3 is 1. The molecule has 1 unspecified atom stereocenters. The highest BCUT2D eigenvalue weighted by atomic mass is 32.1. The van der Waals surface area contributed by atoms with Crippen molar-refractivity contribution < 1.29 is 24.2 Å². The van der Waals surface area contributed by atoms with Crippen molar-refractivity contribution in [1.82, 2.24) is 9.88 Å². The lowest BCUT2D eigenvalue weighted by atomic mass is 10.1. The number of thiazole rings is 1. The van der Waals surface area contributed by atoms with Gasteiger partial charge in [0.25, 0.3) is 0 Å². The first-order valence-corrected chi connectivity index (χ1v) is 6.97. The van der Waals surface area contributed by atoms with E-state index in [2.05, 4.69) is 10.1 Å². The Morgan fingerprint density at radius 2 is 2.14 bits per heavy atom. The maximum Gasteiger partial charge on any atom is 0.326 e. The minimum atomic E-state index is -1.25. The summed E-state index contributed by atoms with van der Waals surface area (Å²) in [7, 11) is 1.20. The number of aryl methyl sites for hydroxylation is 1. The summed E-state index contributed by atoms with van der Waals surface area (Å²) in [5, 5.41) is 12.9. The second kappa shape index (κ2) is 7.58. The standard InChI is InChI=1S/C12H16N2O6S/c1-7-6-21-12(19)14(7)5-9(15)13-8(11(17)18)3-4-10(16)20-2/h6,8H,3-5H2,1-2H3,(H,13,15)(H,17,18). The first-order chi connectivity index (χ1) is 9.85. The number of nitrogens with zero attached hydrogens (tertiary/aromatic N) is 1. The third-order valence-electron chi connectivity index (χ3n) is 2.78. The Hall–Kier alpha value is -2.16. The first-order valence-electron chi connectivity index (χ1n) is 6.09. The molecule has 9 heteroatoms. The number of carboxylic acids is 1. The lowest BCUT2D eigenvalue weighted by molar-refractivity contribution is -0.144. The minimum absolute atomic E-state index is 0.0781. The highest BCUT2D eigenvalue weighted by molar-refractivity contribution is 7.07. The Morgan fingerprint density at radius 1 is 1.48 bits per heavy atom. The van der Waals surface area contributed by atoms with Gasteiger partial charge in [-0.15, -0.1) is 0 Å². The Kier molecular flexibility index (Phi) is 6.10. The number of esters is 1. The summed E-state index contributed by atoms with van der Waals surface area (Å²) in [6.45, 7) is 1.42. The highest BCUT2D eigenvalue weighted by Crippen LogP contribution is 2.02. The summed E-state index contributed by atoms with van der Waals surface area (Å²) < 4.78 is 5.66. The molecule has 0 aliphatic rings. The van der Waals surface area contributed by atoms with Gasteiger partial charge in [0.2, 0.25) is 5.91 Å². The molecule has 0 saturated carbocycles. The van der Waals surface area contributed by atoms with Crippen LogP contribution in [0.2, 0.25) is 0 Å². The Bertz CT molecular complexity index is 591. The van der Waals surface area contributed by atoms with Gasteiger partial charge in [-0.25, -0.2) is 4.79 Å². The van der Waals surface area contributed by atoms with Gasteiger partial charge in [-0.05, 0) is 13.3 Å². The van der Waals surface area contributed by atoms with E-state index in [4.69, 9.17) is 5.11 Å². The molecule has 0 bridgehead atoms. The van der Waals surface area contributed by atoms with Crippen molar-refractivity contribution in [2.24, 2.45) is 0 Å². The van der Waals surface area contributed by atoms with E-state index >= 15 is 0 Å². The summed E-state index contributed by atoms with van der Waals surface area (Å²) >= 11 is 0.965. The van der Waals surface area contributed by atoms with E-state index in [1.165, 1.54) is 11.7 Å². The molecular formula is C12H16N2O6S. The van der Waals surface area contributed by atoms with Gasteiger partial charge in [0.05, 0.1) is 7.11 Å². The average molecular weight is 316 g/mol. The fourth-order valence-electron chi connectivity index (χ4n) is 1.60. The van der Waals surface area contributed by atoms with Crippen LogP contribution in [0, 0.1) is 6.92 Å². The third kappa shape index (κ3) is 5.03. The molecule has 0 aliphatic carbocycles. The number of rotatable bonds is 7. The van der Waals surface area contributed by atoms with E-state index in [-0.39, 0.29) is 24.3 Å². The molecule has 0 aromatic carbocycles. The lowest BCUT2D eigenvalue weighted by Gasteiger charge is -2.14. The summed E-state index contributed by atoms with van der Waals surface area (Å²) in [6.07, 6.45) is -0.198. The van der Waals surface area contributed by atoms with Gasteiger partial charge >= 0.3 is 16.8 Å². The molecule has 21 heavy (non-hydrogen) atoms. The maximum atomic E-state index is 11.8. The van der Waals surface area contributed by atoms with Crippen LogP contribution in [-0.4, -0.2) is 40.7 Å². The van der Waals surface area contributed by atoms with Crippen LogP contribution in [0.3, 0.4) is 0 Å². The van der Waals surface area contributed by atoms with Crippen molar-refractivity contribution >= 4 is 29.2 Å². The SMILES string of the molecule is COC(=O)CCC(NC(=O)Cn1c(C)csc1=O)C(=O)O. The Balaban J connectivity index is 2.63. The summed E-state index contributed by atoms with van der Waals surface area (Å²) in [5.41, 5.74) is 0.626. The monoisotopic (exact) mass is 316 g/mol. The molecule has 0 radical (unpaired) electrons. The smallest absolute Gasteiger partial charge is 0.326 e. The van der Waals surface area contributed by atoms with Gasteiger partial charge in [0.15, 0.2) is 0 Å².